The Balaban J connectivity index is 1.71. The van der Waals surface area contributed by atoms with Crippen molar-refractivity contribution in [3.63, 3.8) is 0 Å². The van der Waals surface area contributed by atoms with Crippen LogP contribution in [0.25, 0.3) is 21.7 Å². The fraction of sp³-hybridized carbons (Fsp3) is 0.0476. The van der Waals surface area contributed by atoms with Crippen LogP contribution in [-0.2, 0) is 0 Å². The van der Waals surface area contributed by atoms with Crippen molar-refractivity contribution in [1.29, 1.82) is 0 Å². The van der Waals surface area contributed by atoms with E-state index in [4.69, 9.17) is 4.42 Å². The molecule has 0 unspecified atom stereocenters. The Morgan fingerprint density at radius 3 is 2.56 bits per heavy atom. The summed E-state index contributed by atoms with van der Waals surface area (Å²) in [4.78, 5) is 24.8. The van der Waals surface area contributed by atoms with Crippen LogP contribution in [0.15, 0.2) is 75.9 Å². The number of rotatable bonds is 2. The van der Waals surface area contributed by atoms with Crippen LogP contribution in [-0.4, -0.2) is 5.91 Å². The van der Waals surface area contributed by atoms with E-state index in [0.29, 0.717) is 16.7 Å². The fourth-order valence-corrected chi connectivity index (χ4v) is 2.89. The van der Waals surface area contributed by atoms with Gasteiger partial charge in [-0.2, -0.15) is 0 Å². The zero-order valence-corrected chi connectivity index (χ0v) is 13.6. The third kappa shape index (κ3) is 2.78. The van der Waals surface area contributed by atoms with Crippen LogP contribution in [0.5, 0.6) is 0 Å². The summed E-state index contributed by atoms with van der Waals surface area (Å²) in [7, 11) is 0. The fourth-order valence-electron chi connectivity index (χ4n) is 2.89. The molecule has 1 amide bonds. The zero-order chi connectivity index (χ0) is 17.4. The van der Waals surface area contributed by atoms with E-state index in [1.54, 1.807) is 12.1 Å². The highest BCUT2D eigenvalue weighted by Gasteiger charge is 2.13. The van der Waals surface area contributed by atoms with E-state index in [1.165, 1.54) is 6.07 Å². The van der Waals surface area contributed by atoms with Crippen LogP contribution in [0.2, 0.25) is 0 Å². The van der Waals surface area contributed by atoms with Gasteiger partial charge in [0.2, 0.25) is 0 Å². The Morgan fingerprint density at radius 2 is 1.72 bits per heavy atom. The maximum absolute atomic E-state index is 12.5. The summed E-state index contributed by atoms with van der Waals surface area (Å²) in [5.74, 6) is -0.447. The first-order chi connectivity index (χ1) is 12.1. The molecule has 4 rings (SSSR count). The Morgan fingerprint density at radius 1 is 0.920 bits per heavy atom. The largest absolute Gasteiger partial charge is 0.450 e. The van der Waals surface area contributed by atoms with Crippen molar-refractivity contribution in [1.82, 2.24) is 0 Å². The molecule has 0 aliphatic rings. The third-order valence-electron chi connectivity index (χ3n) is 4.18. The molecule has 25 heavy (non-hydrogen) atoms. The van der Waals surface area contributed by atoms with Crippen molar-refractivity contribution >= 4 is 33.3 Å². The molecule has 3 aromatic carbocycles. The standard InChI is InChI=1S/C21H15NO3/c1-13-5-4-8-17-18(23)12-19(25-20(13)17)21(24)22-16-10-9-14-6-2-3-7-15(14)11-16/h2-12H,1H3,(H,22,24). The maximum atomic E-state index is 12.5. The summed E-state index contributed by atoms with van der Waals surface area (Å²) in [6, 6.07) is 20.1. The lowest BCUT2D eigenvalue weighted by molar-refractivity contribution is 0.0997. The summed E-state index contributed by atoms with van der Waals surface area (Å²) in [5.41, 5.74) is 1.68. The van der Waals surface area contributed by atoms with Gasteiger partial charge in [-0.1, -0.05) is 42.5 Å². The van der Waals surface area contributed by atoms with E-state index < -0.39 is 5.91 Å². The molecule has 1 heterocycles. The van der Waals surface area contributed by atoms with Gasteiger partial charge in [0.05, 0.1) is 5.39 Å². The topological polar surface area (TPSA) is 59.3 Å². The van der Waals surface area contributed by atoms with Gasteiger partial charge in [-0.3, -0.25) is 9.59 Å². The minimum atomic E-state index is -0.447. The molecule has 0 fully saturated rings. The molecule has 4 nitrogen and oxygen atoms in total. The summed E-state index contributed by atoms with van der Waals surface area (Å²) in [6.45, 7) is 1.84. The molecular formula is C21H15NO3. The lowest BCUT2D eigenvalue weighted by Crippen LogP contribution is -2.15. The van der Waals surface area contributed by atoms with Crippen molar-refractivity contribution in [2.45, 2.75) is 6.92 Å². The van der Waals surface area contributed by atoms with Crippen LogP contribution in [0, 0.1) is 6.92 Å². The summed E-state index contributed by atoms with van der Waals surface area (Å²) in [5, 5.41) is 5.38. The number of carbonyl (C=O) groups excluding carboxylic acids is 1. The molecule has 122 valence electrons. The second kappa shape index (κ2) is 5.91. The predicted octanol–water partition coefficient (Wildman–Crippen LogP) is 4.51. The minimum absolute atomic E-state index is 0.0000383. The van der Waals surface area contributed by atoms with Crippen LogP contribution < -0.4 is 10.7 Å². The van der Waals surface area contributed by atoms with Gasteiger partial charge >= 0.3 is 0 Å². The summed E-state index contributed by atoms with van der Waals surface area (Å²) in [6.07, 6.45) is 0. The lowest BCUT2D eigenvalue weighted by atomic mass is 10.1. The van der Waals surface area contributed by atoms with Gasteiger partial charge < -0.3 is 9.73 Å². The smallest absolute Gasteiger partial charge is 0.291 e. The first-order valence-corrected chi connectivity index (χ1v) is 7.95. The van der Waals surface area contributed by atoms with Crippen LogP contribution in [0.4, 0.5) is 5.69 Å². The molecule has 0 atom stereocenters. The van der Waals surface area contributed by atoms with Gasteiger partial charge in [-0.25, -0.2) is 0 Å². The first kappa shape index (κ1) is 15.1. The Bertz CT molecular complexity index is 1170. The van der Waals surface area contributed by atoms with Gasteiger partial charge in [0.25, 0.3) is 5.91 Å². The zero-order valence-electron chi connectivity index (χ0n) is 13.6. The van der Waals surface area contributed by atoms with Crippen molar-refractivity contribution in [2.75, 3.05) is 5.32 Å². The average molecular weight is 329 g/mol. The maximum Gasteiger partial charge on any atom is 0.291 e. The number of hydrogen-bond acceptors (Lipinski definition) is 3. The molecule has 0 radical (unpaired) electrons. The number of anilines is 1. The molecule has 0 aliphatic carbocycles. The summed E-state index contributed by atoms with van der Waals surface area (Å²) >= 11 is 0. The van der Waals surface area contributed by atoms with Gasteiger partial charge in [-0.05, 0) is 41.5 Å². The molecule has 0 saturated carbocycles. The number of para-hydroxylation sites is 1. The van der Waals surface area contributed by atoms with Crippen molar-refractivity contribution < 1.29 is 9.21 Å². The SMILES string of the molecule is Cc1cccc2c(=O)cc(C(=O)Nc3ccc4ccccc4c3)oc12. The van der Waals surface area contributed by atoms with Gasteiger partial charge in [0, 0.05) is 11.8 Å². The Labute approximate surface area is 143 Å². The number of nitrogens with one attached hydrogen (secondary N) is 1. The normalized spacial score (nSPS) is 10.9. The number of fused-ring (bicyclic) bond motifs is 2. The monoisotopic (exact) mass is 329 g/mol. The van der Waals surface area contributed by atoms with Gasteiger partial charge in [0.1, 0.15) is 5.58 Å². The Kier molecular flexibility index (Phi) is 3.58. The van der Waals surface area contributed by atoms with Gasteiger partial charge in [0.15, 0.2) is 11.2 Å². The van der Waals surface area contributed by atoms with Crippen molar-refractivity contribution in [3.05, 3.63) is 88.3 Å². The second-order valence-electron chi connectivity index (χ2n) is 5.94. The van der Waals surface area contributed by atoms with E-state index in [2.05, 4.69) is 5.32 Å². The van der Waals surface area contributed by atoms with E-state index in [1.807, 2.05) is 55.5 Å². The lowest BCUT2D eigenvalue weighted by Gasteiger charge is -2.07. The van der Waals surface area contributed by atoms with Gasteiger partial charge in [-0.15, -0.1) is 0 Å². The first-order valence-electron chi connectivity index (χ1n) is 7.95. The molecule has 4 aromatic rings. The van der Waals surface area contributed by atoms with Crippen LogP contribution >= 0.6 is 0 Å². The van der Waals surface area contributed by atoms with E-state index >= 15 is 0 Å². The third-order valence-corrected chi connectivity index (χ3v) is 4.18. The minimum Gasteiger partial charge on any atom is -0.450 e. The van der Waals surface area contributed by atoms with Crippen molar-refractivity contribution in [3.8, 4) is 0 Å². The average Bonchev–Trinajstić information content (AvgIpc) is 2.62. The molecule has 0 aliphatic heterocycles. The van der Waals surface area contributed by atoms with Crippen molar-refractivity contribution in [2.24, 2.45) is 0 Å². The van der Waals surface area contributed by atoms with E-state index in [-0.39, 0.29) is 11.2 Å². The van der Waals surface area contributed by atoms with Crippen LogP contribution in [0.3, 0.4) is 0 Å². The number of benzene rings is 3. The van der Waals surface area contributed by atoms with E-state index in [0.717, 1.165) is 16.3 Å². The van der Waals surface area contributed by atoms with Crippen LogP contribution in [0.1, 0.15) is 16.1 Å². The Hall–Kier alpha value is -3.40. The highest BCUT2D eigenvalue weighted by atomic mass is 16.3. The molecule has 1 N–H and O–H groups in total. The highest BCUT2D eigenvalue weighted by Crippen LogP contribution is 2.21. The molecular weight excluding hydrogens is 314 g/mol. The number of carbonyl (C=O) groups is 1. The second-order valence-corrected chi connectivity index (χ2v) is 5.94. The number of hydrogen-bond donors (Lipinski definition) is 1. The summed E-state index contributed by atoms with van der Waals surface area (Å²) < 4.78 is 5.68. The molecule has 1 aromatic heterocycles. The highest BCUT2D eigenvalue weighted by molar-refractivity contribution is 6.04. The molecule has 4 heteroatoms. The number of amides is 1. The van der Waals surface area contributed by atoms with E-state index in [9.17, 15) is 9.59 Å². The molecule has 0 saturated heterocycles. The quantitative estimate of drug-likeness (QED) is 0.589. The molecule has 0 bridgehead atoms. The predicted molar refractivity (Wildman–Crippen MR) is 99.1 cm³/mol. The number of aryl methyl sites for hydroxylation is 1. The molecule has 0 spiro atoms.